The number of aromatic nitrogens is 2. The van der Waals surface area contributed by atoms with Crippen molar-refractivity contribution in [1.82, 2.24) is 15.3 Å². The summed E-state index contributed by atoms with van der Waals surface area (Å²) >= 11 is 0. The van der Waals surface area contributed by atoms with Crippen molar-refractivity contribution in [3.05, 3.63) is 53.6 Å². The summed E-state index contributed by atoms with van der Waals surface area (Å²) in [5.41, 5.74) is -0.0237. The van der Waals surface area contributed by atoms with Gasteiger partial charge in [-0.1, -0.05) is 12.1 Å². The Morgan fingerprint density at radius 3 is 2.50 bits per heavy atom. The largest absolute Gasteiger partial charge is 0.416 e. The molecule has 26 heavy (non-hydrogen) atoms. The highest BCUT2D eigenvalue weighted by Gasteiger charge is 2.30. The van der Waals surface area contributed by atoms with E-state index in [1.54, 1.807) is 0 Å². The maximum absolute atomic E-state index is 12.9. The molecule has 9 heteroatoms. The molecule has 2 heterocycles. The third kappa shape index (κ3) is 4.89. The van der Waals surface area contributed by atoms with Gasteiger partial charge in [0.2, 0.25) is 5.95 Å². The predicted octanol–water partition coefficient (Wildman–Crippen LogP) is 2.99. The highest BCUT2D eigenvalue weighted by atomic mass is 19.4. The highest BCUT2D eigenvalue weighted by Crippen LogP contribution is 2.29. The lowest BCUT2D eigenvalue weighted by molar-refractivity contribution is -0.137. The maximum atomic E-state index is 12.9. The van der Waals surface area contributed by atoms with Gasteiger partial charge in [-0.15, -0.1) is 0 Å². The second-order valence-corrected chi connectivity index (χ2v) is 6.01. The minimum atomic E-state index is -4.35. The van der Waals surface area contributed by atoms with Crippen LogP contribution in [0.3, 0.4) is 0 Å². The summed E-state index contributed by atoms with van der Waals surface area (Å²) in [6, 6.07) is 4.78. The van der Waals surface area contributed by atoms with Crippen LogP contribution < -0.4 is 10.6 Å². The van der Waals surface area contributed by atoms with Gasteiger partial charge >= 0.3 is 6.18 Å². The molecule has 2 aromatic rings. The number of hydrogen-bond donors (Lipinski definition) is 2. The normalized spacial score (nSPS) is 20.8. The van der Waals surface area contributed by atoms with Gasteiger partial charge in [0, 0.05) is 6.54 Å². The first-order chi connectivity index (χ1) is 12.4. The van der Waals surface area contributed by atoms with Crippen molar-refractivity contribution in [2.75, 3.05) is 18.4 Å². The summed E-state index contributed by atoms with van der Waals surface area (Å²) in [4.78, 5) is 7.74. The van der Waals surface area contributed by atoms with E-state index in [1.165, 1.54) is 12.1 Å². The molecule has 0 amide bonds. The Morgan fingerprint density at radius 1 is 1.15 bits per heavy atom. The summed E-state index contributed by atoms with van der Waals surface area (Å²) in [5, 5.41) is 6.32. The van der Waals surface area contributed by atoms with Gasteiger partial charge in [0.1, 0.15) is 0 Å². The van der Waals surface area contributed by atoms with Gasteiger partial charge in [-0.25, -0.2) is 14.4 Å². The summed E-state index contributed by atoms with van der Waals surface area (Å²) in [5.74, 6) is -0.226. The van der Waals surface area contributed by atoms with Crippen molar-refractivity contribution >= 4 is 5.95 Å². The molecule has 2 atom stereocenters. The fourth-order valence-corrected chi connectivity index (χ4v) is 2.72. The molecule has 1 aliphatic rings. The lowest BCUT2D eigenvalue weighted by atomic mass is 10.0. The van der Waals surface area contributed by atoms with Gasteiger partial charge in [0.05, 0.1) is 36.7 Å². The number of benzene rings is 1. The van der Waals surface area contributed by atoms with Crippen LogP contribution in [0.4, 0.5) is 23.5 Å². The summed E-state index contributed by atoms with van der Waals surface area (Å²) in [6.07, 6.45) is -1.65. The Labute approximate surface area is 147 Å². The van der Waals surface area contributed by atoms with Crippen molar-refractivity contribution in [2.45, 2.75) is 31.3 Å². The Bertz CT molecular complexity index is 706. The molecular weight excluding hydrogens is 352 g/mol. The van der Waals surface area contributed by atoms with E-state index >= 15 is 0 Å². The fraction of sp³-hybridized carbons (Fsp3) is 0.412. The van der Waals surface area contributed by atoms with Gasteiger partial charge in [0.25, 0.3) is 0 Å². The van der Waals surface area contributed by atoms with Gasteiger partial charge < -0.3 is 15.4 Å². The van der Waals surface area contributed by atoms with E-state index < -0.39 is 17.6 Å². The average Bonchev–Trinajstić information content (AvgIpc) is 2.62. The molecule has 1 aromatic heterocycles. The lowest BCUT2D eigenvalue weighted by Gasteiger charge is -2.32. The van der Waals surface area contributed by atoms with E-state index in [1.807, 2.05) is 0 Å². The molecule has 1 fully saturated rings. The minimum Gasteiger partial charge on any atom is -0.371 e. The van der Waals surface area contributed by atoms with Crippen molar-refractivity contribution in [3.8, 4) is 0 Å². The zero-order valence-electron chi connectivity index (χ0n) is 13.8. The van der Waals surface area contributed by atoms with Gasteiger partial charge in [-0.05, 0) is 30.7 Å². The molecule has 5 nitrogen and oxygen atoms in total. The number of nitrogens with one attached hydrogen (secondary N) is 2. The number of nitrogens with zero attached hydrogens (tertiary/aromatic N) is 2. The van der Waals surface area contributed by atoms with Crippen molar-refractivity contribution in [1.29, 1.82) is 0 Å². The number of halogens is 4. The molecule has 0 bridgehead atoms. The number of anilines is 1. The number of alkyl halides is 3. The Morgan fingerprint density at radius 2 is 1.85 bits per heavy atom. The first kappa shape index (κ1) is 18.5. The monoisotopic (exact) mass is 370 g/mol. The molecule has 140 valence electrons. The van der Waals surface area contributed by atoms with E-state index in [2.05, 4.69) is 20.6 Å². The summed E-state index contributed by atoms with van der Waals surface area (Å²) in [6.45, 7) is 1.57. The first-order valence-corrected chi connectivity index (χ1v) is 8.14. The predicted molar refractivity (Wildman–Crippen MR) is 86.9 cm³/mol. The van der Waals surface area contributed by atoms with Gasteiger partial charge in [0.15, 0.2) is 5.82 Å². The maximum Gasteiger partial charge on any atom is 0.416 e. The van der Waals surface area contributed by atoms with Crippen molar-refractivity contribution in [2.24, 2.45) is 0 Å². The van der Waals surface area contributed by atoms with E-state index in [0.717, 1.165) is 37.5 Å². The average molecular weight is 370 g/mol. The smallest absolute Gasteiger partial charge is 0.371 e. The minimum absolute atomic E-state index is 0.136. The Hall–Kier alpha value is -2.26. The summed E-state index contributed by atoms with van der Waals surface area (Å²) in [7, 11) is 0. The third-order valence-electron chi connectivity index (χ3n) is 4.10. The van der Waals surface area contributed by atoms with Crippen LogP contribution in [0.25, 0.3) is 0 Å². The second kappa shape index (κ2) is 7.96. The third-order valence-corrected chi connectivity index (χ3v) is 4.10. The zero-order chi connectivity index (χ0) is 18.6. The van der Waals surface area contributed by atoms with Gasteiger partial charge in [-0.2, -0.15) is 13.2 Å². The SMILES string of the molecule is Fc1cnc(NC2CNCCC2OCc2ccc(C(F)(F)F)cc2)nc1. The number of ether oxygens (including phenoxy) is 1. The van der Waals surface area contributed by atoms with Crippen LogP contribution in [0.15, 0.2) is 36.7 Å². The molecule has 2 unspecified atom stereocenters. The molecule has 2 N–H and O–H groups in total. The number of rotatable bonds is 5. The molecule has 0 radical (unpaired) electrons. The molecule has 1 saturated heterocycles. The zero-order valence-corrected chi connectivity index (χ0v) is 13.8. The highest BCUT2D eigenvalue weighted by molar-refractivity contribution is 5.26. The van der Waals surface area contributed by atoms with Crippen LogP contribution in [0.2, 0.25) is 0 Å². The molecule has 3 rings (SSSR count). The van der Waals surface area contributed by atoms with E-state index in [4.69, 9.17) is 4.74 Å². The van der Waals surface area contributed by atoms with E-state index in [0.29, 0.717) is 18.1 Å². The number of hydrogen-bond acceptors (Lipinski definition) is 5. The van der Waals surface area contributed by atoms with Gasteiger partial charge in [-0.3, -0.25) is 0 Å². The Kier molecular flexibility index (Phi) is 5.67. The molecule has 0 spiro atoms. The topological polar surface area (TPSA) is 59.1 Å². The molecule has 1 aliphatic heterocycles. The van der Waals surface area contributed by atoms with E-state index in [-0.39, 0.29) is 18.8 Å². The fourth-order valence-electron chi connectivity index (χ4n) is 2.72. The van der Waals surface area contributed by atoms with Crippen LogP contribution in [-0.4, -0.2) is 35.2 Å². The van der Waals surface area contributed by atoms with Crippen LogP contribution in [-0.2, 0) is 17.5 Å². The van der Waals surface area contributed by atoms with E-state index in [9.17, 15) is 17.6 Å². The van der Waals surface area contributed by atoms with Crippen molar-refractivity contribution in [3.63, 3.8) is 0 Å². The van der Waals surface area contributed by atoms with Crippen molar-refractivity contribution < 1.29 is 22.3 Å². The van der Waals surface area contributed by atoms with Crippen LogP contribution >= 0.6 is 0 Å². The number of piperidine rings is 1. The van der Waals surface area contributed by atoms with Crippen LogP contribution in [0.1, 0.15) is 17.5 Å². The quantitative estimate of drug-likeness (QED) is 0.793. The molecule has 0 aliphatic carbocycles. The molecule has 1 aromatic carbocycles. The molecular formula is C17H18F4N4O. The lowest BCUT2D eigenvalue weighted by Crippen LogP contribution is -2.49. The van der Waals surface area contributed by atoms with Crippen LogP contribution in [0.5, 0.6) is 0 Å². The first-order valence-electron chi connectivity index (χ1n) is 8.14. The Balaban J connectivity index is 1.59. The molecule has 0 saturated carbocycles. The summed E-state index contributed by atoms with van der Waals surface area (Å²) < 4.78 is 56.6. The second-order valence-electron chi connectivity index (χ2n) is 6.01. The van der Waals surface area contributed by atoms with Crippen LogP contribution in [0, 0.1) is 5.82 Å². The standard InChI is InChI=1S/C17H18F4N4O/c18-13-7-23-16(24-8-13)25-14-9-22-6-5-15(14)26-10-11-1-3-12(4-2-11)17(19,20)21/h1-4,7-8,14-15,22H,5-6,9-10H2,(H,23,24,25).